The average Bonchev–Trinajstić information content (AvgIpc) is 2.76. The van der Waals surface area contributed by atoms with Crippen molar-refractivity contribution in [3.8, 4) is 5.88 Å². The highest BCUT2D eigenvalue weighted by molar-refractivity contribution is 5.94. The Morgan fingerprint density at radius 1 is 0.938 bits per heavy atom. The Hall–Kier alpha value is -3.50. The first-order valence-corrected chi connectivity index (χ1v) is 9.11. The highest BCUT2D eigenvalue weighted by Crippen LogP contribution is 2.39. The van der Waals surface area contributed by atoms with Gasteiger partial charge in [-0.15, -0.1) is 10.2 Å². The third-order valence-corrected chi connectivity index (χ3v) is 4.64. The number of alkyl halides is 6. The van der Waals surface area contributed by atoms with Crippen LogP contribution in [0.15, 0.2) is 54.7 Å². The van der Waals surface area contributed by atoms with Crippen LogP contribution in [-0.2, 0) is 12.4 Å². The van der Waals surface area contributed by atoms with Gasteiger partial charge in [0.15, 0.2) is 5.78 Å². The van der Waals surface area contributed by atoms with Crippen molar-refractivity contribution >= 4 is 5.78 Å². The summed E-state index contributed by atoms with van der Waals surface area (Å²) in [6.45, 7) is 0. The molecule has 3 rings (SSSR count). The Kier molecular flexibility index (Phi) is 6.47. The van der Waals surface area contributed by atoms with Crippen molar-refractivity contribution in [1.82, 2.24) is 15.2 Å². The van der Waals surface area contributed by atoms with E-state index in [1.807, 2.05) is 0 Å². The smallest absolute Gasteiger partial charge is 0.418 e. The molecule has 1 aromatic carbocycles. The minimum Gasteiger partial charge on any atom is -0.480 e. The number of carbonyl (C=O) groups is 1. The third-order valence-electron chi connectivity index (χ3n) is 4.64. The fourth-order valence-electron chi connectivity index (χ4n) is 3.08. The van der Waals surface area contributed by atoms with Gasteiger partial charge in [0, 0.05) is 24.6 Å². The summed E-state index contributed by atoms with van der Waals surface area (Å²) >= 11 is 0. The first kappa shape index (κ1) is 23.2. The monoisotopic (exact) mass is 455 g/mol. The molecule has 0 saturated heterocycles. The summed E-state index contributed by atoms with van der Waals surface area (Å²) in [5.41, 5.74) is -2.60. The van der Waals surface area contributed by atoms with Crippen LogP contribution < -0.4 is 4.74 Å². The number of halogens is 6. The predicted molar refractivity (Wildman–Crippen MR) is 100 cm³/mol. The largest absolute Gasteiger partial charge is 0.480 e. The van der Waals surface area contributed by atoms with Crippen LogP contribution in [0.25, 0.3) is 0 Å². The summed E-state index contributed by atoms with van der Waals surface area (Å²) in [7, 11) is 1.34. The molecule has 0 saturated carbocycles. The minimum absolute atomic E-state index is 0.0667. The second-order valence-electron chi connectivity index (χ2n) is 6.69. The van der Waals surface area contributed by atoms with E-state index in [-0.39, 0.29) is 17.1 Å². The van der Waals surface area contributed by atoms with Gasteiger partial charge in [-0.1, -0.05) is 12.1 Å². The number of pyridine rings is 1. The molecule has 0 aliphatic heterocycles. The van der Waals surface area contributed by atoms with Gasteiger partial charge < -0.3 is 4.74 Å². The molecule has 3 aromatic rings. The maximum Gasteiger partial charge on any atom is 0.418 e. The Bertz CT molecular complexity index is 1080. The number of methoxy groups -OCH3 is 1. The normalized spacial score (nSPS) is 13.0. The SMILES string of the molecule is COc1ccc(C(=O)C[C@@H](c2ccc(C(F)(F)F)cc2)c2ncccc2C(F)(F)F)nn1. The molecule has 1 atom stereocenters. The van der Waals surface area contributed by atoms with Gasteiger partial charge in [0.05, 0.1) is 23.9 Å². The van der Waals surface area contributed by atoms with Crippen molar-refractivity contribution < 1.29 is 35.9 Å². The van der Waals surface area contributed by atoms with E-state index in [4.69, 9.17) is 4.74 Å². The highest BCUT2D eigenvalue weighted by atomic mass is 19.4. The van der Waals surface area contributed by atoms with Gasteiger partial charge in [-0.25, -0.2) is 0 Å². The topological polar surface area (TPSA) is 65.0 Å². The van der Waals surface area contributed by atoms with Crippen LogP contribution in [0.4, 0.5) is 26.3 Å². The number of aromatic nitrogens is 3. The number of benzene rings is 1. The van der Waals surface area contributed by atoms with E-state index >= 15 is 0 Å². The van der Waals surface area contributed by atoms with Crippen molar-refractivity contribution in [3.63, 3.8) is 0 Å². The van der Waals surface area contributed by atoms with E-state index in [1.54, 1.807) is 0 Å². The summed E-state index contributed by atoms with van der Waals surface area (Å²) < 4.78 is 84.3. The molecule has 32 heavy (non-hydrogen) atoms. The molecule has 11 heteroatoms. The van der Waals surface area contributed by atoms with E-state index in [0.717, 1.165) is 42.6 Å². The van der Waals surface area contributed by atoms with Crippen LogP contribution in [0, 0.1) is 0 Å². The first-order chi connectivity index (χ1) is 15.0. The zero-order chi connectivity index (χ0) is 23.5. The lowest BCUT2D eigenvalue weighted by atomic mass is 9.86. The molecule has 0 amide bonds. The molecule has 0 aliphatic rings. The quantitative estimate of drug-likeness (QED) is 0.372. The van der Waals surface area contributed by atoms with Crippen LogP contribution in [-0.4, -0.2) is 28.1 Å². The van der Waals surface area contributed by atoms with Gasteiger partial charge >= 0.3 is 12.4 Å². The molecular weight excluding hydrogens is 440 g/mol. The molecule has 2 aromatic heterocycles. The molecule has 5 nitrogen and oxygen atoms in total. The number of nitrogens with zero attached hydrogens (tertiary/aromatic N) is 3. The van der Waals surface area contributed by atoms with E-state index in [1.165, 1.54) is 19.2 Å². The summed E-state index contributed by atoms with van der Waals surface area (Å²) in [5.74, 6) is -1.81. The molecule has 0 radical (unpaired) electrons. The fraction of sp³-hybridized carbons (Fsp3) is 0.238. The predicted octanol–water partition coefficient (Wildman–Crippen LogP) is 5.32. The van der Waals surface area contributed by atoms with Crippen LogP contribution in [0.5, 0.6) is 5.88 Å². The van der Waals surface area contributed by atoms with Crippen LogP contribution in [0.2, 0.25) is 0 Å². The van der Waals surface area contributed by atoms with Crippen molar-refractivity contribution in [2.45, 2.75) is 24.7 Å². The second kappa shape index (κ2) is 8.93. The van der Waals surface area contributed by atoms with Crippen LogP contribution in [0.3, 0.4) is 0 Å². The lowest BCUT2D eigenvalue weighted by Gasteiger charge is -2.21. The number of hydrogen-bond acceptors (Lipinski definition) is 5. The average molecular weight is 455 g/mol. The number of ether oxygens (including phenoxy) is 1. The molecule has 0 bridgehead atoms. The number of ketones is 1. The summed E-state index contributed by atoms with van der Waals surface area (Å²) in [6.07, 6.45) is -8.80. The van der Waals surface area contributed by atoms with E-state index < -0.39 is 47.3 Å². The number of carbonyl (C=O) groups excluding carboxylic acids is 1. The zero-order valence-electron chi connectivity index (χ0n) is 16.4. The molecule has 2 heterocycles. The van der Waals surface area contributed by atoms with Gasteiger partial charge in [-0.3, -0.25) is 9.78 Å². The maximum absolute atomic E-state index is 13.6. The molecule has 0 fully saturated rings. The van der Waals surface area contributed by atoms with Crippen molar-refractivity contribution in [2.24, 2.45) is 0 Å². The van der Waals surface area contributed by atoms with Crippen molar-refractivity contribution in [3.05, 3.63) is 82.8 Å². The summed E-state index contributed by atoms with van der Waals surface area (Å²) in [4.78, 5) is 16.6. The Morgan fingerprint density at radius 3 is 2.16 bits per heavy atom. The number of hydrogen-bond donors (Lipinski definition) is 0. The van der Waals surface area contributed by atoms with Gasteiger partial charge in [0.1, 0.15) is 5.69 Å². The van der Waals surface area contributed by atoms with E-state index in [0.29, 0.717) is 0 Å². The van der Waals surface area contributed by atoms with Crippen molar-refractivity contribution in [2.75, 3.05) is 7.11 Å². The van der Waals surface area contributed by atoms with Gasteiger partial charge in [0.2, 0.25) is 5.88 Å². The Morgan fingerprint density at radius 2 is 1.62 bits per heavy atom. The Balaban J connectivity index is 2.05. The number of rotatable bonds is 6. The van der Waals surface area contributed by atoms with Crippen LogP contribution >= 0.6 is 0 Å². The van der Waals surface area contributed by atoms with Gasteiger partial charge in [-0.05, 0) is 35.9 Å². The lowest BCUT2D eigenvalue weighted by Crippen LogP contribution is -2.18. The molecule has 0 N–H and O–H groups in total. The molecule has 168 valence electrons. The molecule has 0 aliphatic carbocycles. The maximum atomic E-state index is 13.6. The minimum atomic E-state index is -4.78. The zero-order valence-corrected chi connectivity index (χ0v) is 16.4. The second-order valence-corrected chi connectivity index (χ2v) is 6.69. The van der Waals surface area contributed by atoms with Crippen molar-refractivity contribution in [1.29, 1.82) is 0 Å². The van der Waals surface area contributed by atoms with Gasteiger partial charge in [-0.2, -0.15) is 26.3 Å². The third kappa shape index (κ3) is 5.21. The van der Waals surface area contributed by atoms with Gasteiger partial charge in [0.25, 0.3) is 0 Å². The molecular formula is C21H15F6N3O2. The highest BCUT2D eigenvalue weighted by Gasteiger charge is 2.37. The summed E-state index contributed by atoms with van der Waals surface area (Å²) in [5, 5.41) is 7.34. The first-order valence-electron chi connectivity index (χ1n) is 9.11. The molecule has 0 spiro atoms. The lowest BCUT2D eigenvalue weighted by molar-refractivity contribution is -0.139. The van der Waals surface area contributed by atoms with E-state index in [9.17, 15) is 31.1 Å². The summed E-state index contributed by atoms with van der Waals surface area (Å²) in [6, 6.07) is 8.11. The standard InChI is InChI=1S/C21H15F6N3O2/c1-32-18-9-8-16(29-30-18)17(31)11-14(12-4-6-13(7-5-12)20(22,23)24)19-15(21(25,26)27)3-2-10-28-19/h2-10,14H,11H2,1H3/t14-/m0/s1. The van der Waals surface area contributed by atoms with Crippen LogP contribution in [0.1, 0.15) is 45.2 Å². The number of Topliss-reactive ketones (excluding diaryl/α,β-unsaturated/α-hetero) is 1. The fourth-order valence-corrected chi connectivity index (χ4v) is 3.08. The van der Waals surface area contributed by atoms with E-state index in [2.05, 4.69) is 15.2 Å². The molecule has 0 unspecified atom stereocenters. The Labute approximate surface area is 178 Å².